The molecular weight excluding hydrogens is 243 g/mol. The lowest BCUT2D eigenvalue weighted by molar-refractivity contribution is -0.137. The van der Waals surface area contributed by atoms with Crippen molar-refractivity contribution in [2.24, 2.45) is 5.73 Å². The molecule has 100 valence electrons. The summed E-state index contributed by atoms with van der Waals surface area (Å²) < 4.78 is 43.1. The summed E-state index contributed by atoms with van der Waals surface area (Å²) in [4.78, 5) is 0. The van der Waals surface area contributed by atoms with Crippen LogP contribution in [-0.2, 0) is 16.5 Å². The van der Waals surface area contributed by atoms with Crippen molar-refractivity contribution in [3.8, 4) is 0 Å². The van der Waals surface area contributed by atoms with Crippen molar-refractivity contribution < 1.29 is 17.9 Å². The molecule has 18 heavy (non-hydrogen) atoms. The van der Waals surface area contributed by atoms with Gasteiger partial charge in [-0.15, -0.1) is 0 Å². The van der Waals surface area contributed by atoms with Gasteiger partial charge in [-0.1, -0.05) is 6.07 Å². The molecule has 2 N–H and O–H groups in total. The molecule has 1 atom stereocenters. The number of alkyl halides is 3. The normalized spacial score (nSPS) is 25.2. The fraction of sp³-hybridized carbons (Fsp3) is 0.538. The minimum atomic E-state index is -4.31. The first kappa shape index (κ1) is 13.4. The molecule has 0 aliphatic carbocycles. The number of ether oxygens (including phenoxy) is 1. The highest BCUT2D eigenvalue weighted by Gasteiger charge is 2.34. The number of benzene rings is 1. The Hall–Kier alpha value is -1.07. The van der Waals surface area contributed by atoms with E-state index >= 15 is 0 Å². The lowest BCUT2D eigenvalue weighted by Crippen LogP contribution is -2.45. The second-order valence-electron chi connectivity index (χ2n) is 4.84. The van der Waals surface area contributed by atoms with Crippen LogP contribution in [0.3, 0.4) is 0 Å². The third kappa shape index (κ3) is 2.52. The van der Waals surface area contributed by atoms with Gasteiger partial charge in [-0.05, 0) is 43.0 Å². The van der Waals surface area contributed by atoms with E-state index in [0.29, 0.717) is 18.8 Å². The number of hydrogen-bond donors (Lipinski definition) is 1. The van der Waals surface area contributed by atoms with Gasteiger partial charge in [0.25, 0.3) is 0 Å². The van der Waals surface area contributed by atoms with E-state index < -0.39 is 17.3 Å². The highest BCUT2D eigenvalue weighted by Crippen LogP contribution is 2.34. The maximum Gasteiger partial charge on any atom is 0.416 e. The summed E-state index contributed by atoms with van der Waals surface area (Å²) in [6.45, 7) is 2.69. The first-order valence-electron chi connectivity index (χ1n) is 5.88. The van der Waals surface area contributed by atoms with E-state index in [1.165, 1.54) is 6.07 Å². The molecule has 5 heteroatoms. The number of nitrogens with two attached hydrogens (primary N) is 1. The fourth-order valence-corrected chi connectivity index (χ4v) is 2.43. The van der Waals surface area contributed by atoms with Gasteiger partial charge in [0.2, 0.25) is 0 Å². The Kier molecular flexibility index (Phi) is 3.38. The predicted octanol–water partition coefficient (Wildman–Crippen LogP) is 2.98. The van der Waals surface area contributed by atoms with E-state index in [4.69, 9.17) is 10.5 Å². The second-order valence-corrected chi connectivity index (χ2v) is 4.84. The van der Waals surface area contributed by atoms with E-state index in [1.54, 1.807) is 6.92 Å². The number of halogens is 3. The van der Waals surface area contributed by atoms with Gasteiger partial charge >= 0.3 is 6.18 Å². The Morgan fingerprint density at radius 3 is 2.56 bits per heavy atom. The molecule has 0 spiro atoms. The summed E-state index contributed by atoms with van der Waals surface area (Å²) in [5, 5.41) is 0. The van der Waals surface area contributed by atoms with Crippen LogP contribution in [0.1, 0.15) is 29.5 Å². The van der Waals surface area contributed by atoms with E-state index in [9.17, 15) is 13.2 Å². The van der Waals surface area contributed by atoms with Gasteiger partial charge in [-0.2, -0.15) is 13.2 Å². The number of aryl methyl sites for hydroxylation is 1. The quantitative estimate of drug-likeness (QED) is 0.841. The van der Waals surface area contributed by atoms with E-state index in [2.05, 4.69) is 0 Å². The standard InChI is InChI=1S/C13H16F3NO/c1-9-7-10(13(14,15)16)3-4-11(9)12(17)5-2-6-18-8-12/h3-4,7H,2,5-6,8,17H2,1H3. The molecule has 0 saturated carbocycles. The molecule has 0 bridgehead atoms. The van der Waals surface area contributed by atoms with Crippen LogP contribution in [0.25, 0.3) is 0 Å². The van der Waals surface area contributed by atoms with Crippen LogP contribution in [0.2, 0.25) is 0 Å². The molecule has 1 aliphatic heterocycles. The third-order valence-corrected chi connectivity index (χ3v) is 3.36. The molecule has 1 unspecified atom stereocenters. The van der Waals surface area contributed by atoms with Crippen LogP contribution >= 0.6 is 0 Å². The lowest BCUT2D eigenvalue weighted by atomic mass is 9.83. The van der Waals surface area contributed by atoms with Crippen LogP contribution < -0.4 is 5.73 Å². The summed E-state index contributed by atoms with van der Waals surface area (Å²) in [5.74, 6) is 0. The van der Waals surface area contributed by atoms with Crippen molar-refractivity contribution in [3.05, 3.63) is 34.9 Å². The Morgan fingerprint density at radius 1 is 1.33 bits per heavy atom. The molecule has 1 heterocycles. The van der Waals surface area contributed by atoms with E-state index in [0.717, 1.165) is 30.5 Å². The zero-order valence-electron chi connectivity index (χ0n) is 10.2. The minimum Gasteiger partial charge on any atom is -0.379 e. The first-order chi connectivity index (χ1) is 8.33. The molecule has 0 amide bonds. The van der Waals surface area contributed by atoms with E-state index in [-0.39, 0.29) is 0 Å². The zero-order chi connectivity index (χ0) is 13.4. The lowest BCUT2D eigenvalue weighted by Gasteiger charge is -2.35. The van der Waals surface area contributed by atoms with Gasteiger partial charge in [0.1, 0.15) is 0 Å². The average Bonchev–Trinajstić information content (AvgIpc) is 2.28. The van der Waals surface area contributed by atoms with Crippen LogP contribution in [0.15, 0.2) is 18.2 Å². The monoisotopic (exact) mass is 259 g/mol. The van der Waals surface area contributed by atoms with Gasteiger partial charge in [-0.25, -0.2) is 0 Å². The van der Waals surface area contributed by atoms with Crippen LogP contribution in [0.4, 0.5) is 13.2 Å². The fourth-order valence-electron chi connectivity index (χ4n) is 2.43. The molecule has 1 fully saturated rings. The second kappa shape index (κ2) is 4.55. The van der Waals surface area contributed by atoms with Crippen LogP contribution in [0.5, 0.6) is 0 Å². The van der Waals surface area contributed by atoms with Crippen molar-refractivity contribution in [3.63, 3.8) is 0 Å². The summed E-state index contributed by atoms with van der Waals surface area (Å²) in [7, 11) is 0. The summed E-state index contributed by atoms with van der Waals surface area (Å²) in [6.07, 6.45) is -2.75. The summed E-state index contributed by atoms with van der Waals surface area (Å²) in [5.41, 5.74) is 6.25. The largest absolute Gasteiger partial charge is 0.416 e. The van der Waals surface area contributed by atoms with Gasteiger partial charge in [-0.3, -0.25) is 0 Å². The maximum absolute atomic E-state index is 12.6. The maximum atomic E-state index is 12.6. The Labute approximate surface area is 104 Å². The molecule has 2 nitrogen and oxygen atoms in total. The van der Waals surface area contributed by atoms with Gasteiger partial charge < -0.3 is 10.5 Å². The van der Waals surface area contributed by atoms with Crippen molar-refractivity contribution in [2.75, 3.05) is 13.2 Å². The number of hydrogen-bond acceptors (Lipinski definition) is 2. The number of rotatable bonds is 1. The van der Waals surface area contributed by atoms with Crippen molar-refractivity contribution in [1.29, 1.82) is 0 Å². The highest BCUT2D eigenvalue weighted by molar-refractivity contribution is 5.37. The molecule has 1 aliphatic rings. The zero-order valence-corrected chi connectivity index (χ0v) is 10.2. The average molecular weight is 259 g/mol. The van der Waals surface area contributed by atoms with Crippen LogP contribution in [-0.4, -0.2) is 13.2 Å². The molecular formula is C13H16F3NO. The van der Waals surface area contributed by atoms with Crippen molar-refractivity contribution in [1.82, 2.24) is 0 Å². The minimum absolute atomic E-state index is 0.360. The Morgan fingerprint density at radius 2 is 2.06 bits per heavy atom. The molecule has 2 rings (SSSR count). The Bertz CT molecular complexity index is 436. The van der Waals surface area contributed by atoms with Gasteiger partial charge in [0.05, 0.1) is 17.7 Å². The van der Waals surface area contributed by atoms with E-state index in [1.807, 2.05) is 0 Å². The summed E-state index contributed by atoms with van der Waals surface area (Å²) >= 11 is 0. The highest BCUT2D eigenvalue weighted by atomic mass is 19.4. The molecule has 1 aromatic rings. The topological polar surface area (TPSA) is 35.2 Å². The van der Waals surface area contributed by atoms with Crippen molar-refractivity contribution >= 4 is 0 Å². The molecule has 0 radical (unpaired) electrons. The third-order valence-electron chi connectivity index (χ3n) is 3.36. The smallest absolute Gasteiger partial charge is 0.379 e. The van der Waals surface area contributed by atoms with Gasteiger partial charge in [0.15, 0.2) is 0 Å². The Balaban J connectivity index is 2.35. The van der Waals surface area contributed by atoms with Crippen molar-refractivity contribution in [2.45, 2.75) is 31.5 Å². The first-order valence-corrected chi connectivity index (χ1v) is 5.88. The molecule has 1 aromatic carbocycles. The summed E-state index contributed by atoms with van der Waals surface area (Å²) in [6, 6.07) is 3.72. The van der Waals surface area contributed by atoms with Crippen LogP contribution in [0, 0.1) is 6.92 Å². The SMILES string of the molecule is Cc1cc(C(F)(F)F)ccc1C1(N)CCCOC1. The van der Waals surface area contributed by atoms with Gasteiger partial charge in [0, 0.05) is 6.61 Å². The molecule has 0 aromatic heterocycles. The predicted molar refractivity (Wildman–Crippen MR) is 62.1 cm³/mol. The molecule has 1 saturated heterocycles.